The Labute approximate surface area is 193 Å². The maximum Gasteiger partial charge on any atom is 0.295 e. The largest absolute Gasteiger partial charge is 0.507 e. The van der Waals surface area contributed by atoms with E-state index >= 15 is 0 Å². The lowest BCUT2D eigenvalue weighted by Gasteiger charge is -2.27. The number of aryl methyl sites for hydroxylation is 1. The highest BCUT2D eigenvalue weighted by molar-refractivity contribution is 6.46. The summed E-state index contributed by atoms with van der Waals surface area (Å²) in [5.41, 5.74) is 1.70. The van der Waals surface area contributed by atoms with Crippen LogP contribution in [0.1, 0.15) is 29.7 Å². The van der Waals surface area contributed by atoms with Crippen LogP contribution in [0.25, 0.3) is 5.76 Å². The third-order valence-corrected chi connectivity index (χ3v) is 5.62. The van der Waals surface area contributed by atoms with Crippen LogP contribution in [-0.2, 0) is 9.59 Å². The zero-order valence-corrected chi connectivity index (χ0v) is 19.6. The summed E-state index contributed by atoms with van der Waals surface area (Å²) in [4.78, 5) is 29.5. The van der Waals surface area contributed by atoms with Crippen LogP contribution in [0.4, 0.5) is 0 Å². The number of hydrogen-bond acceptors (Lipinski definition) is 7. The fourth-order valence-corrected chi connectivity index (χ4v) is 3.91. The number of carbonyl (C=O) groups excluding carboxylic acids is 2. The highest BCUT2D eigenvalue weighted by atomic mass is 16.5. The number of hydrogen-bond donors (Lipinski definition) is 2. The molecule has 2 N–H and O–H groups in total. The molecule has 2 aromatic rings. The molecule has 0 bridgehead atoms. The standard InChI is InChI=1S/C25H30N2O6/c1-6-33-20-14-16(7-10-19(20)28)22-21(24(30)25(31)27(22)12-11-26(3)4)23(29)18-9-8-17(32-5)13-15(18)2/h7-10,13-14,22,28-29H,6,11-12H2,1-5H3/b23-21+. The van der Waals surface area contributed by atoms with Gasteiger partial charge in [-0.3, -0.25) is 9.59 Å². The predicted molar refractivity (Wildman–Crippen MR) is 125 cm³/mol. The Kier molecular flexibility index (Phi) is 7.28. The van der Waals surface area contributed by atoms with Gasteiger partial charge in [0.25, 0.3) is 11.7 Å². The number of Topliss-reactive ketones (excluding diaryl/α,β-unsaturated/α-hetero) is 1. The monoisotopic (exact) mass is 454 g/mol. The summed E-state index contributed by atoms with van der Waals surface area (Å²) in [6, 6.07) is 8.97. The minimum Gasteiger partial charge on any atom is -0.507 e. The van der Waals surface area contributed by atoms with Gasteiger partial charge in [0.2, 0.25) is 0 Å². The van der Waals surface area contributed by atoms with Crippen molar-refractivity contribution in [3.63, 3.8) is 0 Å². The Balaban J connectivity index is 2.20. The predicted octanol–water partition coefficient (Wildman–Crippen LogP) is 3.09. The zero-order chi connectivity index (χ0) is 24.3. The SMILES string of the molecule is CCOc1cc(C2/C(=C(\O)c3ccc(OC)cc3C)C(=O)C(=O)N2CCN(C)C)ccc1O. The van der Waals surface area contributed by atoms with Gasteiger partial charge in [-0.1, -0.05) is 6.07 Å². The average molecular weight is 455 g/mol. The van der Waals surface area contributed by atoms with Gasteiger partial charge >= 0.3 is 0 Å². The van der Waals surface area contributed by atoms with Crippen LogP contribution < -0.4 is 9.47 Å². The Morgan fingerprint density at radius 3 is 2.48 bits per heavy atom. The molecule has 1 atom stereocenters. The Morgan fingerprint density at radius 2 is 1.88 bits per heavy atom. The molecule has 3 rings (SSSR count). The van der Waals surface area contributed by atoms with Crippen molar-refractivity contribution < 1.29 is 29.3 Å². The van der Waals surface area contributed by atoms with Crippen molar-refractivity contribution in [3.05, 3.63) is 58.7 Å². The molecule has 1 unspecified atom stereocenters. The van der Waals surface area contributed by atoms with Crippen LogP contribution in [0.15, 0.2) is 42.0 Å². The van der Waals surface area contributed by atoms with Gasteiger partial charge in [0.1, 0.15) is 11.5 Å². The quantitative estimate of drug-likeness (QED) is 0.359. The third kappa shape index (κ3) is 4.80. The maximum absolute atomic E-state index is 13.1. The Morgan fingerprint density at radius 1 is 1.15 bits per heavy atom. The molecular formula is C25H30N2O6. The molecule has 1 aliphatic heterocycles. The molecule has 176 valence electrons. The number of phenolic OH excluding ortho intramolecular Hbond substituents is 1. The Bertz CT molecular complexity index is 1090. The van der Waals surface area contributed by atoms with E-state index in [1.54, 1.807) is 51.3 Å². The highest BCUT2D eigenvalue weighted by Crippen LogP contribution is 2.42. The van der Waals surface area contributed by atoms with Crippen molar-refractivity contribution in [2.45, 2.75) is 19.9 Å². The van der Waals surface area contributed by atoms with E-state index in [0.717, 1.165) is 0 Å². The number of aliphatic hydroxyl groups is 1. The number of phenols is 1. The van der Waals surface area contributed by atoms with Gasteiger partial charge in [-0.2, -0.15) is 0 Å². The van der Waals surface area contributed by atoms with E-state index in [0.29, 0.717) is 35.6 Å². The molecule has 8 nitrogen and oxygen atoms in total. The molecule has 8 heteroatoms. The second kappa shape index (κ2) is 9.95. The summed E-state index contributed by atoms with van der Waals surface area (Å²) in [6.07, 6.45) is 0. The molecule has 0 radical (unpaired) electrons. The first kappa shape index (κ1) is 24.1. The fourth-order valence-electron chi connectivity index (χ4n) is 3.91. The Hall–Kier alpha value is -3.52. The van der Waals surface area contributed by atoms with Crippen molar-refractivity contribution in [2.24, 2.45) is 0 Å². The number of aliphatic hydroxyl groups excluding tert-OH is 1. The van der Waals surface area contributed by atoms with Crippen molar-refractivity contribution in [3.8, 4) is 17.2 Å². The van der Waals surface area contributed by atoms with Gasteiger partial charge in [-0.15, -0.1) is 0 Å². The van der Waals surface area contributed by atoms with Crippen molar-refractivity contribution in [1.82, 2.24) is 9.80 Å². The number of likely N-dealkylation sites (N-methyl/N-ethyl adjacent to an activating group) is 1. The van der Waals surface area contributed by atoms with Crippen LogP contribution in [-0.4, -0.2) is 72.6 Å². The van der Waals surface area contributed by atoms with E-state index in [9.17, 15) is 19.8 Å². The molecule has 33 heavy (non-hydrogen) atoms. The highest BCUT2D eigenvalue weighted by Gasteiger charge is 2.46. The lowest BCUT2D eigenvalue weighted by molar-refractivity contribution is -0.140. The van der Waals surface area contributed by atoms with Gasteiger partial charge in [0, 0.05) is 18.7 Å². The second-order valence-electron chi connectivity index (χ2n) is 8.14. The number of methoxy groups -OCH3 is 1. The van der Waals surface area contributed by atoms with Crippen LogP contribution >= 0.6 is 0 Å². The smallest absolute Gasteiger partial charge is 0.295 e. The maximum atomic E-state index is 13.1. The first-order valence-electron chi connectivity index (χ1n) is 10.7. The van der Waals surface area contributed by atoms with Crippen LogP contribution in [0.3, 0.4) is 0 Å². The molecule has 0 saturated carbocycles. The number of ether oxygens (including phenoxy) is 2. The van der Waals surface area contributed by atoms with E-state index in [1.165, 1.54) is 11.0 Å². The van der Waals surface area contributed by atoms with E-state index in [-0.39, 0.29) is 29.4 Å². The number of amides is 1. The lowest BCUT2D eigenvalue weighted by atomic mass is 9.93. The number of likely N-dealkylation sites (tertiary alicyclic amines) is 1. The number of ketones is 1. The van der Waals surface area contributed by atoms with Gasteiger partial charge in [-0.05, 0) is 69.4 Å². The van der Waals surface area contributed by atoms with Crippen molar-refractivity contribution in [2.75, 3.05) is 40.9 Å². The molecule has 1 saturated heterocycles. The summed E-state index contributed by atoms with van der Waals surface area (Å²) in [7, 11) is 5.30. The third-order valence-electron chi connectivity index (χ3n) is 5.62. The van der Waals surface area contributed by atoms with Crippen LogP contribution in [0.5, 0.6) is 17.2 Å². The molecule has 0 spiro atoms. The molecule has 1 fully saturated rings. The molecule has 2 aromatic carbocycles. The zero-order valence-electron chi connectivity index (χ0n) is 19.6. The topological polar surface area (TPSA) is 99.5 Å². The molecular weight excluding hydrogens is 424 g/mol. The van der Waals surface area contributed by atoms with Crippen LogP contribution in [0.2, 0.25) is 0 Å². The number of aromatic hydroxyl groups is 1. The second-order valence-corrected chi connectivity index (χ2v) is 8.14. The van der Waals surface area contributed by atoms with Gasteiger partial charge in [0.15, 0.2) is 11.5 Å². The average Bonchev–Trinajstić information content (AvgIpc) is 3.03. The lowest BCUT2D eigenvalue weighted by Crippen LogP contribution is -2.35. The molecule has 0 aromatic heterocycles. The molecule has 1 heterocycles. The first-order valence-corrected chi connectivity index (χ1v) is 10.7. The van der Waals surface area contributed by atoms with E-state index < -0.39 is 17.7 Å². The summed E-state index contributed by atoms with van der Waals surface area (Å²) in [5.74, 6) is -0.868. The number of rotatable bonds is 8. The van der Waals surface area contributed by atoms with E-state index in [1.807, 2.05) is 19.0 Å². The minimum absolute atomic E-state index is 0.000149. The van der Waals surface area contributed by atoms with Crippen LogP contribution in [0, 0.1) is 6.92 Å². The minimum atomic E-state index is -0.828. The first-order chi connectivity index (χ1) is 15.7. The van der Waals surface area contributed by atoms with Gasteiger partial charge in [-0.25, -0.2) is 0 Å². The molecule has 1 amide bonds. The summed E-state index contributed by atoms with van der Waals surface area (Å²) in [5, 5.41) is 21.4. The number of nitrogens with zero attached hydrogens (tertiary/aromatic N) is 2. The fraction of sp³-hybridized carbons (Fsp3) is 0.360. The summed E-state index contributed by atoms with van der Waals surface area (Å²) >= 11 is 0. The van der Waals surface area contributed by atoms with E-state index in [2.05, 4.69) is 0 Å². The van der Waals surface area contributed by atoms with Crippen molar-refractivity contribution >= 4 is 17.4 Å². The summed E-state index contributed by atoms with van der Waals surface area (Å²) < 4.78 is 10.7. The summed E-state index contributed by atoms with van der Waals surface area (Å²) in [6.45, 7) is 4.74. The van der Waals surface area contributed by atoms with Gasteiger partial charge in [0.05, 0.1) is 25.3 Å². The number of benzene rings is 2. The number of carbonyl (C=O) groups is 2. The van der Waals surface area contributed by atoms with Gasteiger partial charge < -0.3 is 29.5 Å². The molecule has 1 aliphatic rings. The van der Waals surface area contributed by atoms with E-state index in [4.69, 9.17) is 9.47 Å². The normalized spacial score (nSPS) is 17.6. The molecule has 0 aliphatic carbocycles. The van der Waals surface area contributed by atoms with Crippen molar-refractivity contribution in [1.29, 1.82) is 0 Å².